The normalized spacial score (nSPS) is 22.1. The molecule has 1 unspecified atom stereocenters. The molecule has 0 radical (unpaired) electrons. The van der Waals surface area contributed by atoms with Crippen LogP contribution in [0.15, 0.2) is 0 Å². The maximum absolute atomic E-state index is 11.5. The first-order chi connectivity index (χ1) is 7.11. The van der Waals surface area contributed by atoms with Crippen LogP contribution in [0.2, 0.25) is 0 Å². The first kappa shape index (κ1) is 13.2. The summed E-state index contributed by atoms with van der Waals surface area (Å²) in [4.78, 5) is 13.1. The third-order valence-corrected chi connectivity index (χ3v) is 2.28. The van der Waals surface area contributed by atoms with Gasteiger partial charge in [0.2, 0.25) is 0 Å². The van der Waals surface area contributed by atoms with Crippen molar-refractivity contribution in [3.63, 3.8) is 0 Å². The van der Waals surface area contributed by atoms with Crippen LogP contribution in [0.25, 0.3) is 0 Å². The number of hydrogen-bond acceptors (Lipinski definition) is 5. The van der Waals surface area contributed by atoms with Crippen LogP contribution in [-0.4, -0.2) is 46.7 Å². The number of likely N-dealkylation sites (tertiary alicyclic amines) is 1. The fraction of sp³-hybridized carbons (Fsp3) is 0.900. The zero-order valence-electron chi connectivity index (χ0n) is 10.3. The summed E-state index contributed by atoms with van der Waals surface area (Å²) >= 11 is 0. The van der Waals surface area contributed by atoms with Gasteiger partial charge in [0.05, 0.1) is 5.54 Å². The number of aliphatic hydroxyl groups excluding tert-OH is 1. The van der Waals surface area contributed by atoms with Gasteiger partial charge in [-0.15, -0.1) is 0 Å². The molecule has 0 aromatic heterocycles. The SMILES string of the molecule is CC1(NC(=O)OC(C)(C)C)CN(C(N)O)C1. The van der Waals surface area contributed by atoms with Crippen molar-refractivity contribution < 1.29 is 14.6 Å². The van der Waals surface area contributed by atoms with Crippen LogP contribution in [0.5, 0.6) is 0 Å². The summed E-state index contributed by atoms with van der Waals surface area (Å²) in [5.74, 6) is 0. The molecule has 1 saturated heterocycles. The maximum atomic E-state index is 11.5. The molecule has 0 saturated carbocycles. The predicted octanol–water partition coefficient (Wildman–Crippen LogP) is -0.180. The summed E-state index contributed by atoms with van der Waals surface area (Å²) in [6, 6.07) is 0. The van der Waals surface area contributed by atoms with Crippen molar-refractivity contribution in [2.24, 2.45) is 5.73 Å². The van der Waals surface area contributed by atoms with E-state index in [9.17, 15) is 4.79 Å². The summed E-state index contributed by atoms with van der Waals surface area (Å²) in [7, 11) is 0. The lowest BCUT2D eigenvalue weighted by molar-refractivity contribution is -0.0783. The van der Waals surface area contributed by atoms with Crippen molar-refractivity contribution in [1.82, 2.24) is 10.2 Å². The number of rotatable bonds is 2. The molecule has 16 heavy (non-hydrogen) atoms. The molecule has 1 rings (SSSR count). The minimum absolute atomic E-state index is 0.372. The Hall–Kier alpha value is -0.850. The third kappa shape index (κ3) is 3.62. The summed E-state index contributed by atoms with van der Waals surface area (Å²) in [6.07, 6.45) is -1.41. The predicted molar refractivity (Wildman–Crippen MR) is 59.5 cm³/mol. The monoisotopic (exact) mass is 231 g/mol. The molecular weight excluding hydrogens is 210 g/mol. The zero-order chi connectivity index (χ0) is 12.6. The lowest BCUT2D eigenvalue weighted by Gasteiger charge is -2.49. The Labute approximate surface area is 95.7 Å². The minimum atomic E-state index is -0.964. The molecule has 1 aliphatic heterocycles. The van der Waals surface area contributed by atoms with Gasteiger partial charge in [-0.25, -0.2) is 4.79 Å². The molecule has 1 fully saturated rings. The Morgan fingerprint density at radius 3 is 2.44 bits per heavy atom. The Bertz CT molecular complexity index is 267. The van der Waals surface area contributed by atoms with Gasteiger partial charge in [-0.05, 0) is 27.7 Å². The second-order valence-electron chi connectivity index (χ2n) is 5.51. The van der Waals surface area contributed by atoms with Crippen molar-refractivity contribution in [3.8, 4) is 0 Å². The minimum Gasteiger partial charge on any atom is -0.444 e. The number of ether oxygens (including phenoxy) is 1. The van der Waals surface area contributed by atoms with Crippen LogP contribution < -0.4 is 11.1 Å². The Kier molecular flexibility index (Phi) is 3.47. The van der Waals surface area contributed by atoms with E-state index in [-0.39, 0.29) is 5.54 Å². The quantitative estimate of drug-likeness (QED) is 0.574. The zero-order valence-corrected chi connectivity index (χ0v) is 10.3. The largest absolute Gasteiger partial charge is 0.444 e. The van der Waals surface area contributed by atoms with E-state index in [1.165, 1.54) is 0 Å². The smallest absolute Gasteiger partial charge is 0.408 e. The van der Waals surface area contributed by atoms with Crippen molar-refractivity contribution in [2.45, 2.75) is 45.2 Å². The number of alkyl carbamates (subject to hydrolysis) is 1. The highest BCUT2D eigenvalue weighted by atomic mass is 16.6. The molecule has 6 heteroatoms. The lowest BCUT2D eigenvalue weighted by atomic mass is 9.93. The highest BCUT2D eigenvalue weighted by Crippen LogP contribution is 2.21. The molecule has 0 aliphatic carbocycles. The van der Waals surface area contributed by atoms with E-state index in [2.05, 4.69) is 5.32 Å². The first-order valence-electron chi connectivity index (χ1n) is 5.30. The molecule has 4 N–H and O–H groups in total. The number of nitrogens with zero attached hydrogens (tertiary/aromatic N) is 1. The molecule has 0 aromatic carbocycles. The molecule has 6 nitrogen and oxygen atoms in total. The lowest BCUT2D eigenvalue weighted by Crippen LogP contribution is -2.72. The van der Waals surface area contributed by atoms with Crippen molar-refractivity contribution >= 4 is 6.09 Å². The van der Waals surface area contributed by atoms with E-state index in [4.69, 9.17) is 15.6 Å². The third-order valence-electron chi connectivity index (χ3n) is 2.28. The summed E-state index contributed by atoms with van der Waals surface area (Å²) < 4.78 is 5.14. The molecule has 1 amide bonds. The second-order valence-corrected chi connectivity index (χ2v) is 5.51. The van der Waals surface area contributed by atoms with Gasteiger partial charge in [-0.3, -0.25) is 10.6 Å². The summed E-state index contributed by atoms with van der Waals surface area (Å²) in [6.45, 7) is 8.35. The van der Waals surface area contributed by atoms with Gasteiger partial charge in [0.15, 0.2) is 6.35 Å². The highest BCUT2D eigenvalue weighted by Gasteiger charge is 2.42. The fourth-order valence-electron chi connectivity index (χ4n) is 1.67. The van der Waals surface area contributed by atoms with E-state index in [0.29, 0.717) is 13.1 Å². The Morgan fingerprint density at radius 1 is 1.56 bits per heavy atom. The van der Waals surface area contributed by atoms with Gasteiger partial charge in [-0.1, -0.05) is 0 Å². The van der Waals surface area contributed by atoms with Crippen LogP contribution in [0.1, 0.15) is 27.7 Å². The van der Waals surface area contributed by atoms with E-state index in [0.717, 1.165) is 0 Å². The van der Waals surface area contributed by atoms with Crippen molar-refractivity contribution in [2.75, 3.05) is 13.1 Å². The first-order valence-corrected chi connectivity index (χ1v) is 5.30. The molecule has 1 aliphatic rings. The molecule has 1 heterocycles. The Balaban J connectivity index is 2.36. The maximum Gasteiger partial charge on any atom is 0.408 e. The van der Waals surface area contributed by atoms with Crippen molar-refractivity contribution in [3.05, 3.63) is 0 Å². The molecule has 1 atom stereocenters. The molecular formula is C10H21N3O3. The number of nitrogens with one attached hydrogen (secondary N) is 1. The second kappa shape index (κ2) is 4.20. The van der Waals surface area contributed by atoms with Gasteiger partial charge in [-0.2, -0.15) is 0 Å². The number of hydrogen-bond donors (Lipinski definition) is 3. The van der Waals surface area contributed by atoms with Crippen LogP contribution in [0, 0.1) is 0 Å². The van der Waals surface area contributed by atoms with E-state index < -0.39 is 18.0 Å². The van der Waals surface area contributed by atoms with Gasteiger partial charge in [0, 0.05) is 13.1 Å². The number of amides is 1. The van der Waals surface area contributed by atoms with Crippen LogP contribution in [0.4, 0.5) is 4.79 Å². The van der Waals surface area contributed by atoms with Gasteiger partial charge >= 0.3 is 6.09 Å². The van der Waals surface area contributed by atoms with E-state index in [1.807, 2.05) is 27.7 Å². The topological polar surface area (TPSA) is 87.8 Å². The van der Waals surface area contributed by atoms with Gasteiger partial charge < -0.3 is 15.2 Å². The van der Waals surface area contributed by atoms with E-state index in [1.54, 1.807) is 4.90 Å². The number of nitrogens with two attached hydrogens (primary N) is 1. The van der Waals surface area contributed by atoms with Crippen LogP contribution in [0.3, 0.4) is 0 Å². The van der Waals surface area contributed by atoms with Gasteiger partial charge in [0.25, 0.3) is 0 Å². The number of carbonyl (C=O) groups excluding carboxylic acids is 1. The molecule has 0 aromatic rings. The van der Waals surface area contributed by atoms with Crippen LogP contribution >= 0.6 is 0 Å². The molecule has 0 bridgehead atoms. The Morgan fingerprint density at radius 2 is 2.06 bits per heavy atom. The summed E-state index contributed by atoms with van der Waals surface area (Å²) in [5.41, 5.74) is 4.41. The fourth-order valence-corrected chi connectivity index (χ4v) is 1.67. The average Bonchev–Trinajstić information content (AvgIpc) is 1.94. The standard InChI is InChI=1S/C10H21N3O3/c1-9(2,3)16-8(15)12-10(4)5-13(6-10)7(11)14/h7,14H,5-6,11H2,1-4H3,(H,12,15). The molecule has 94 valence electrons. The average molecular weight is 231 g/mol. The van der Waals surface area contributed by atoms with Crippen molar-refractivity contribution in [1.29, 1.82) is 0 Å². The number of aliphatic hydroxyl groups is 1. The highest BCUT2D eigenvalue weighted by molar-refractivity contribution is 5.69. The van der Waals surface area contributed by atoms with Gasteiger partial charge in [0.1, 0.15) is 5.60 Å². The van der Waals surface area contributed by atoms with E-state index >= 15 is 0 Å². The number of carbonyl (C=O) groups is 1. The van der Waals surface area contributed by atoms with Crippen LogP contribution in [-0.2, 0) is 4.74 Å². The summed E-state index contributed by atoms with van der Waals surface area (Å²) in [5, 5.41) is 11.8. The molecule has 0 spiro atoms.